The molecule has 1 aliphatic rings. The largest absolute Gasteiger partial charge is 0.364 e. The van der Waals surface area contributed by atoms with Crippen LogP contribution in [0.5, 0.6) is 0 Å². The number of para-hydroxylation sites is 1. The Kier molecular flexibility index (Phi) is 5.11. The molecule has 0 unspecified atom stereocenters. The van der Waals surface area contributed by atoms with Crippen molar-refractivity contribution in [2.24, 2.45) is 5.92 Å². The van der Waals surface area contributed by atoms with Crippen LogP contribution in [0.25, 0.3) is 0 Å². The monoisotopic (exact) mass is 341 g/mol. The number of benzene rings is 1. The van der Waals surface area contributed by atoms with Crippen molar-refractivity contribution >= 4 is 23.0 Å². The Morgan fingerprint density at radius 1 is 1.32 bits per heavy atom. The Bertz CT molecular complexity index is 763. The van der Waals surface area contributed by atoms with Crippen LogP contribution < -0.4 is 10.2 Å². The molecule has 2 aromatic rings. The van der Waals surface area contributed by atoms with Crippen LogP contribution in [0.1, 0.15) is 32.3 Å². The minimum absolute atomic E-state index is 0.0528. The standard InChI is InChI=1S/C18H23N5O2/c1-13(2)9-10-19-17-16(23(24)25)18(21-12-20-17)22-11-5-7-14-6-3-4-8-15(14)22/h3-4,6,8,12-13H,5,7,9-11H2,1-2H3,(H,19,20,21). The highest BCUT2D eigenvalue weighted by Gasteiger charge is 2.30. The Morgan fingerprint density at radius 3 is 2.88 bits per heavy atom. The summed E-state index contributed by atoms with van der Waals surface area (Å²) in [4.78, 5) is 21.7. The summed E-state index contributed by atoms with van der Waals surface area (Å²) >= 11 is 0. The van der Waals surface area contributed by atoms with Crippen molar-refractivity contribution in [3.8, 4) is 0 Å². The fraction of sp³-hybridized carbons (Fsp3) is 0.444. The smallest absolute Gasteiger partial charge is 0.353 e. The Labute approximate surface area is 147 Å². The lowest BCUT2D eigenvalue weighted by Crippen LogP contribution is -2.26. The molecule has 7 heteroatoms. The van der Waals surface area contributed by atoms with Crippen LogP contribution in [-0.2, 0) is 6.42 Å². The molecular weight excluding hydrogens is 318 g/mol. The molecule has 0 amide bonds. The van der Waals surface area contributed by atoms with Gasteiger partial charge < -0.3 is 10.2 Å². The van der Waals surface area contributed by atoms with E-state index in [1.807, 2.05) is 23.1 Å². The molecule has 1 aromatic heterocycles. The molecule has 0 spiro atoms. The van der Waals surface area contributed by atoms with Gasteiger partial charge in [-0.15, -0.1) is 0 Å². The molecule has 7 nitrogen and oxygen atoms in total. The van der Waals surface area contributed by atoms with Crippen LogP contribution in [0.4, 0.5) is 23.0 Å². The van der Waals surface area contributed by atoms with Gasteiger partial charge in [-0.05, 0) is 36.8 Å². The summed E-state index contributed by atoms with van der Waals surface area (Å²) in [5.41, 5.74) is 2.13. The molecule has 2 heterocycles. The summed E-state index contributed by atoms with van der Waals surface area (Å²) in [7, 11) is 0. The van der Waals surface area contributed by atoms with Crippen LogP contribution in [0.15, 0.2) is 30.6 Å². The second kappa shape index (κ2) is 7.46. The first-order valence-electron chi connectivity index (χ1n) is 8.66. The number of rotatable bonds is 6. The third kappa shape index (κ3) is 3.70. The predicted molar refractivity (Wildman–Crippen MR) is 98.4 cm³/mol. The van der Waals surface area contributed by atoms with Gasteiger partial charge in [-0.25, -0.2) is 9.97 Å². The van der Waals surface area contributed by atoms with E-state index in [0.717, 1.165) is 24.9 Å². The molecule has 1 N–H and O–H groups in total. The molecule has 25 heavy (non-hydrogen) atoms. The molecular formula is C18H23N5O2. The highest BCUT2D eigenvalue weighted by atomic mass is 16.6. The zero-order chi connectivity index (χ0) is 17.8. The summed E-state index contributed by atoms with van der Waals surface area (Å²) in [5, 5.41) is 14.9. The van der Waals surface area contributed by atoms with Gasteiger partial charge in [0, 0.05) is 18.8 Å². The van der Waals surface area contributed by atoms with E-state index in [1.165, 1.54) is 11.9 Å². The topological polar surface area (TPSA) is 84.2 Å². The van der Waals surface area contributed by atoms with E-state index in [2.05, 4.69) is 35.2 Å². The normalized spacial score (nSPS) is 13.6. The number of hydrogen-bond acceptors (Lipinski definition) is 6. The SMILES string of the molecule is CC(C)CCNc1ncnc(N2CCCc3ccccc32)c1[N+](=O)[O-]. The van der Waals surface area contributed by atoms with Gasteiger partial charge in [-0.3, -0.25) is 10.1 Å². The van der Waals surface area contributed by atoms with Crippen LogP contribution in [0.2, 0.25) is 0 Å². The van der Waals surface area contributed by atoms with Crippen molar-refractivity contribution in [1.29, 1.82) is 0 Å². The first-order valence-corrected chi connectivity index (χ1v) is 8.66. The van der Waals surface area contributed by atoms with Crippen LogP contribution >= 0.6 is 0 Å². The number of anilines is 3. The summed E-state index contributed by atoms with van der Waals surface area (Å²) in [6.07, 6.45) is 4.24. The molecule has 0 saturated carbocycles. The van der Waals surface area contributed by atoms with Crippen molar-refractivity contribution in [1.82, 2.24) is 9.97 Å². The van der Waals surface area contributed by atoms with Crippen molar-refractivity contribution in [2.45, 2.75) is 33.1 Å². The average molecular weight is 341 g/mol. The van der Waals surface area contributed by atoms with Crippen LogP contribution in [0.3, 0.4) is 0 Å². The van der Waals surface area contributed by atoms with Crippen LogP contribution in [0, 0.1) is 16.0 Å². The van der Waals surface area contributed by atoms with Crippen molar-refractivity contribution in [2.75, 3.05) is 23.3 Å². The third-order valence-corrected chi connectivity index (χ3v) is 4.37. The van der Waals surface area contributed by atoms with Gasteiger partial charge >= 0.3 is 5.69 Å². The van der Waals surface area contributed by atoms with E-state index >= 15 is 0 Å². The van der Waals surface area contributed by atoms with E-state index in [4.69, 9.17) is 0 Å². The van der Waals surface area contributed by atoms with Gasteiger partial charge in [-0.2, -0.15) is 0 Å². The van der Waals surface area contributed by atoms with Crippen LogP contribution in [-0.4, -0.2) is 28.0 Å². The zero-order valence-electron chi connectivity index (χ0n) is 14.6. The second-order valence-corrected chi connectivity index (χ2v) is 6.64. The molecule has 0 atom stereocenters. The number of aryl methyl sites for hydroxylation is 1. The van der Waals surface area contributed by atoms with Gasteiger partial charge in [0.05, 0.1) is 4.92 Å². The molecule has 0 radical (unpaired) electrons. The lowest BCUT2D eigenvalue weighted by Gasteiger charge is -2.30. The first kappa shape index (κ1) is 17.1. The maximum atomic E-state index is 11.8. The van der Waals surface area contributed by atoms with Gasteiger partial charge in [0.2, 0.25) is 11.6 Å². The van der Waals surface area contributed by atoms with Gasteiger partial charge in [0.1, 0.15) is 6.33 Å². The summed E-state index contributed by atoms with van der Waals surface area (Å²) in [6, 6.07) is 8.00. The average Bonchev–Trinajstić information content (AvgIpc) is 2.60. The fourth-order valence-electron chi connectivity index (χ4n) is 3.10. The number of hydrogen-bond donors (Lipinski definition) is 1. The maximum absolute atomic E-state index is 11.8. The third-order valence-electron chi connectivity index (χ3n) is 4.37. The van der Waals surface area contributed by atoms with Gasteiger partial charge in [-0.1, -0.05) is 32.0 Å². The zero-order valence-corrected chi connectivity index (χ0v) is 14.6. The van der Waals surface area contributed by atoms with Crippen molar-refractivity contribution in [3.63, 3.8) is 0 Å². The van der Waals surface area contributed by atoms with E-state index in [0.29, 0.717) is 30.6 Å². The number of nitrogens with zero attached hydrogens (tertiary/aromatic N) is 4. The highest BCUT2D eigenvalue weighted by Crippen LogP contribution is 2.39. The minimum Gasteiger partial charge on any atom is -0.364 e. The van der Waals surface area contributed by atoms with E-state index in [9.17, 15) is 10.1 Å². The van der Waals surface area contributed by atoms with E-state index < -0.39 is 0 Å². The molecule has 0 saturated heterocycles. The fourth-order valence-corrected chi connectivity index (χ4v) is 3.10. The molecule has 0 aliphatic carbocycles. The van der Waals surface area contributed by atoms with Gasteiger partial charge in [0.25, 0.3) is 0 Å². The Balaban J connectivity index is 1.98. The second-order valence-electron chi connectivity index (χ2n) is 6.64. The first-order chi connectivity index (χ1) is 12.1. The van der Waals surface area contributed by atoms with E-state index in [-0.39, 0.29) is 10.6 Å². The summed E-state index contributed by atoms with van der Waals surface area (Å²) in [6.45, 7) is 5.59. The molecule has 1 aromatic carbocycles. The highest BCUT2D eigenvalue weighted by molar-refractivity contribution is 5.77. The molecule has 1 aliphatic heterocycles. The van der Waals surface area contributed by atoms with Gasteiger partial charge in [0.15, 0.2) is 0 Å². The van der Waals surface area contributed by atoms with E-state index in [1.54, 1.807) is 0 Å². The number of aromatic nitrogens is 2. The number of nitro groups is 1. The molecule has 3 rings (SSSR count). The lowest BCUT2D eigenvalue weighted by atomic mass is 10.0. The number of fused-ring (bicyclic) bond motifs is 1. The van der Waals surface area contributed by atoms with Crippen molar-refractivity contribution < 1.29 is 4.92 Å². The Hall–Kier alpha value is -2.70. The number of nitrogens with one attached hydrogen (secondary N) is 1. The minimum atomic E-state index is -0.385. The Morgan fingerprint density at radius 2 is 2.12 bits per heavy atom. The molecule has 0 fully saturated rings. The quantitative estimate of drug-likeness (QED) is 0.633. The van der Waals surface area contributed by atoms with Crippen molar-refractivity contribution in [3.05, 3.63) is 46.3 Å². The lowest BCUT2D eigenvalue weighted by molar-refractivity contribution is -0.383. The molecule has 0 bridgehead atoms. The summed E-state index contributed by atoms with van der Waals surface area (Å²) in [5.74, 6) is 1.17. The predicted octanol–water partition coefficient (Wildman–Crippen LogP) is 3.93. The summed E-state index contributed by atoms with van der Waals surface area (Å²) < 4.78 is 0. The maximum Gasteiger partial charge on any atom is 0.353 e. The molecule has 132 valence electrons.